The Hall–Kier alpha value is -1.39. The third-order valence-corrected chi connectivity index (χ3v) is 2.69. The molecule has 0 aliphatic rings. The van der Waals surface area contributed by atoms with Gasteiger partial charge in [-0.05, 0) is 24.1 Å². The molecule has 0 spiro atoms. The molecule has 0 aliphatic heterocycles. The number of hydrogen-bond donors (Lipinski definition) is 2. The number of aryl methyl sites for hydroxylation is 1. The molecule has 4 nitrogen and oxygen atoms in total. The van der Waals surface area contributed by atoms with E-state index in [2.05, 4.69) is 15.2 Å². The first-order valence-corrected chi connectivity index (χ1v) is 4.93. The van der Waals surface area contributed by atoms with Gasteiger partial charge in [0.25, 0.3) is 0 Å². The van der Waals surface area contributed by atoms with Crippen molar-refractivity contribution < 1.29 is 0 Å². The first-order chi connectivity index (χ1) is 7.18. The molecule has 0 saturated carbocycles. The minimum atomic E-state index is -0.314. The van der Waals surface area contributed by atoms with E-state index < -0.39 is 0 Å². The maximum atomic E-state index is 6.02. The smallest absolute Gasteiger partial charge is 0.145 e. The van der Waals surface area contributed by atoms with Crippen molar-refractivity contribution in [2.75, 3.05) is 0 Å². The zero-order valence-electron chi connectivity index (χ0n) is 8.24. The molecule has 1 heterocycles. The molecule has 0 radical (unpaired) electrons. The van der Waals surface area contributed by atoms with Crippen LogP contribution in [0.3, 0.4) is 0 Å². The van der Waals surface area contributed by atoms with E-state index in [0.717, 1.165) is 11.1 Å². The van der Waals surface area contributed by atoms with E-state index in [4.69, 9.17) is 17.3 Å². The SMILES string of the molecule is Cc1ccc(C(N)c2ncn[nH]2)cc1Cl. The van der Waals surface area contributed by atoms with E-state index in [9.17, 15) is 0 Å². The Bertz CT molecular complexity index is 452. The third kappa shape index (κ3) is 2.00. The number of hydrogen-bond acceptors (Lipinski definition) is 3. The molecule has 2 aromatic rings. The average molecular weight is 223 g/mol. The standard InChI is InChI=1S/C10H11ClN4/c1-6-2-3-7(4-8(6)11)9(12)10-13-5-14-15-10/h2-5,9H,12H2,1H3,(H,13,14,15). The van der Waals surface area contributed by atoms with Crippen LogP contribution in [-0.2, 0) is 0 Å². The number of aromatic nitrogens is 3. The molecular weight excluding hydrogens is 212 g/mol. The van der Waals surface area contributed by atoms with Gasteiger partial charge in [-0.15, -0.1) is 0 Å². The van der Waals surface area contributed by atoms with Gasteiger partial charge in [0.1, 0.15) is 12.2 Å². The minimum absolute atomic E-state index is 0.314. The van der Waals surface area contributed by atoms with Crippen molar-refractivity contribution in [1.29, 1.82) is 0 Å². The van der Waals surface area contributed by atoms with Crippen molar-refractivity contribution in [3.63, 3.8) is 0 Å². The third-order valence-electron chi connectivity index (χ3n) is 2.28. The quantitative estimate of drug-likeness (QED) is 0.815. The number of H-pyrrole nitrogens is 1. The van der Waals surface area contributed by atoms with Crippen molar-refractivity contribution in [3.8, 4) is 0 Å². The molecule has 0 aliphatic carbocycles. The van der Waals surface area contributed by atoms with Crippen LogP contribution < -0.4 is 5.73 Å². The van der Waals surface area contributed by atoms with Crippen LogP contribution in [-0.4, -0.2) is 15.2 Å². The molecular formula is C10H11ClN4. The summed E-state index contributed by atoms with van der Waals surface area (Å²) in [7, 11) is 0. The number of nitrogens with zero attached hydrogens (tertiary/aromatic N) is 2. The number of nitrogens with one attached hydrogen (secondary N) is 1. The Labute approximate surface area is 92.5 Å². The van der Waals surface area contributed by atoms with Crippen LogP contribution in [0.4, 0.5) is 0 Å². The fourth-order valence-corrected chi connectivity index (χ4v) is 1.51. The first kappa shape index (κ1) is 10.1. The van der Waals surface area contributed by atoms with Gasteiger partial charge in [0.2, 0.25) is 0 Å². The lowest BCUT2D eigenvalue weighted by atomic mass is 10.1. The Morgan fingerprint density at radius 1 is 1.47 bits per heavy atom. The van der Waals surface area contributed by atoms with Gasteiger partial charge in [-0.1, -0.05) is 23.7 Å². The van der Waals surface area contributed by atoms with Crippen LogP contribution in [0.1, 0.15) is 23.0 Å². The minimum Gasteiger partial charge on any atom is -0.318 e. The van der Waals surface area contributed by atoms with E-state index in [1.165, 1.54) is 6.33 Å². The second-order valence-corrected chi connectivity index (χ2v) is 3.76. The fourth-order valence-electron chi connectivity index (χ4n) is 1.33. The number of aromatic amines is 1. The summed E-state index contributed by atoms with van der Waals surface area (Å²) in [5, 5.41) is 7.21. The van der Waals surface area contributed by atoms with Crippen molar-refractivity contribution in [2.45, 2.75) is 13.0 Å². The van der Waals surface area contributed by atoms with E-state index in [-0.39, 0.29) is 6.04 Å². The average Bonchev–Trinajstić information content (AvgIpc) is 2.74. The second kappa shape index (κ2) is 4.00. The van der Waals surface area contributed by atoms with E-state index in [0.29, 0.717) is 10.8 Å². The summed E-state index contributed by atoms with van der Waals surface area (Å²) >= 11 is 6.02. The Morgan fingerprint density at radius 2 is 2.27 bits per heavy atom. The van der Waals surface area contributed by atoms with Crippen LogP contribution in [0.25, 0.3) is 0 Å². The highest BCUT2D eigenvalue weighted by atomic mass is 35.5. The number of benzene rings is 1. The molecule has 1 unspecified atom stereocenters. The van der Waals surface area contributed by atoms with E-state index in [1.807, 2.05) is 25.1 Å². The molecule has 0 amide bonds. The van der Waals surface area contributed by atoms with Gasteiger partial charge < -0.3 is 5.73 Å². The van der Waals surface area contributed by atoms with Crippen LogP contribution in [0.2, 0.25) is 5.02 Å². The lowest BCUT2D eigenvalue weighted by Gasteiger charge is -2.09. The van der Waals surface area contributed by atoms with E-state index >= 15 is 0 Å². The van der Waals surface area contributed by atoms with Crippen LogP contribution in [0, 0.1) is 6.92 Å². The molecule has 1 aromatic carbocycles. The summed E-state index contributed by atoms with van der Waals surface area (Å²) in [5.74, 6) is 0.634. The van der Waals surface area contributed by atoms with Gasteiger partial charge >= 0.3 is 0 Å². The summed E-state index contributed by atoms with van der Waals surface area (Å²) in [6.07, 6.45) is 1.44. The molecule has 3 N–H and O–H groups in total. The molecule has 5 heteroatoms. The lowest BCUT2D eigenvalue weighted by Crippen LogP contribution is -2.13. The van der Waals surface area contributed by atoms with Gasteiger partial charge in [0, 0.05) is 5.02 Å². The van der Waals surface area contributed by atoms with Crippen molar-refractivity contribution in [2.24, 2.45) is 5.73 Å². The zero-order valence-corrected chi connectivity index (χ0v) is 8.99. The second-order valence-electron chi connectivity index (χ2n) is 3.36. The number of halogens is 1. The van der Waals surface area contributed by atoms with Gasteiger partial charge in [-0.3, -0.25) is 5.10 Å². The predicted octanol–water partition coefficient (Wildman–Crippen LogP) is 1.81. The number of nitrogens with two attached hydrogens (primary N) is 1. The lowest BCUT2D eigenvalue weighted by molar-refractivity contribution is 0.787. The summed E-state index contributed by atoms with van der Waals surface area (Å²) in [6, 6.07) is 5.41. The van der Waals surface area contributed by atoms with Crippen molar-refractivity contribution in [1.82, 2.24) is 15.2 Å². The maximum Gasteiger partial charge on any atom is 0.145 e. The highest BCUT2D eigenvalue weighted by Gasteiger charge is 2.12. The van der Waals surface area contributed by atoms with Crippen LogP contribution in [0.15, 0.2) is 24.5 Å². The van der Waals surface area contributed by atoms with Crippen LogP contribution in [0.5, 0.6) is 0 Å². The molecule has 78 valence electrons. The molecule has 1 aromatic heterocycles. The predicted molar refractivity (Wildman–Crippen MR) is 58.6 cm³/mol. The van der Waals surface area contributed by atoms with Crippen LogP contribution >= 0.6 is 11.6 Å². The topological polar surface area (TPSA) is 67.6 Å². The van der Waals surface area contributed by atoms with Gasteiger partial charge in [-0.25, -0.2) is 4.98 Å². The summed E-state index contributed by atoms with van der Waals surface area (Å²) in [6.45, 7) is 1.95. The van der Waals surface area contributed by atoms with Gasteiger partial charge in [0.05, 0.1) is 6.04 Å². The fraction of sp³-hybridized carbons (Fsp3) is 0.200. The molecule has 0 saturated heterocycles. The zero-order chi connectivity index (χ0) is 10.8. The highest BCUT2D eigenvalue weighted by molar-refractivity contribution is 6.31. The largest absolute Gasteiger partial charge is 0.318 e. The van der Waals surface area contributed by atoms with Crippen molar-refractivity contribution in [3.05, 3.63) is 46.5 Å². The normalized spacial score (nSPS) is 12.7. The molecule has 0 bridgehead atoms. The summed E-state index contributed by atoms with van der Waals surface area (Å²) < 4.78 is 0. The van der Waals surface area contributed by atoms with Gasteiger partial charge in [0.15, 0.2) is 0 Å². The summed E-state index contributed by atoms with van der Waals surface area (Å²) in [5.41, 5.74) is 7.94. The Kier molecular flexibility index (Phi) is 2.70. The Balaban J connectivity index is 2.34. The maximum absolute atomic E-state index is 6.02. The first-order valence-electron chi connectivity index (χ1n) is 4.55. The number of rotatable bonds is 2. The molecule has 1 atom stereocenters. The molecule has 15 heavy (non-hydrogen) atoms. The molecule has 2 rings (SSSR count). The van der Waals surface area contributed by atoms with Crippen molar-refractivity contribution >= 4 is 11.6 Å². The monoisotopic (exact) mass is 222 g/mol. The van der Waals surface area contributed by atoms with E-state index in [1.54, 1.807) is 0 Å². The summed E-state index contributed by atoms with van der Waals surface area (Å²) in [4.78, 5) is 4.01. The highest BCUT2D eigenvalue weighted by Crippen LogP contribution is 2.22. The van der Waals surface area contributed by atoms with Gasteiger partial charge in [-0.2, -0.15) is 5.10 Å². The molecule has 0 fully saturated rings. The Morgan fingerprint density at radius 3 is 2.87 bits per heavy atom.